The third-order valence-corrected chi connectivity index (χ3v) is 8.21. The molecule has 0 N–H and O–H groups in total. The van der Waals surface area contributed by atoms with Crippen molar-refractivity contribution in [2.45, 2.75) is 18.2 Å². The van der Waals surface area contributed by atoms with Gasteiger partial charge in [0.1, 0.15) is 10.3 Å². The maximum Gasteiger partial charge on any atom is 0.243 e. The minimum atomic E-state index is -3.58. The zero-order valence-corrected chi connectivity index (χ0v) is 17.2. The van der Waals surface area contributed by atoms with E-state index in [4.69, 9.17) is 11.6 Å². The Bertz CT molecular complexity index is 1050. The summed E-state index contributed by atoms with van der Waals surface area (Å²) in [5.41, 5.74) is 1.47. The second kappa shape index (κ2) is 7.35. The summed E-state index contributed by atoms with van der Waals surface area (Å²) in [5, 5.41) is 1.36. The van der Waals surface area contributed by atoms with Gasteiger partial charge in [0.05, 0.1) is 4.90 Å². The number of sulfonamides is 1. The van der Waals surface area contributed by atoms with Crippen molar-refractivity contribution in [3.63, 3.8) is 0 Å². The summed E-state index contributed by atoms with van der Waals surface area (Å²) >= 11 is 7.67. The minimum Gasteiger partial charge on any atom is -0.347 e. The van der Waals surface area contributed by atoms with Gasteiger partial charge in [-0.05, 0) is 43.2 Å². The first-order valence-corrected chi connectivity index (χ1v) is 11.3. The number of anilines is 1. The monoisotopic (exact) mass is 422 g/mol. The first-order chi connectivity index (χ1) is 13.0. The topological polar surface area (TPSA) is 66.4 Å². The number of rotatable bonds is 3. The third kappa shape index (κ3) is 3.54. The first kappa shape index (κ1) is 18.6. The number of hydrogen-bond donors (Lipinski definition) is 0. The average molecular weight is 423 g/mol. The predicted molar refractivity (Wildman–Crippen MR) is 109 cm³/mol. The van der Waals surface area contributed by atoms with Gasteiger partial charge in [-0.15, -0.1) is 0 Å². The molecule has 1 aliphatic rings. The number of aromatic nitrogens is 2. The molecule has 9 heteroatoms. The molecule has 142 valence electrons. The van der Waals surface area contributed by atoms with Crippen LogP contribution in [0, 0.1) is 6.92 Å². The molecule has 0 spiro atoms. The maximum atomic E-state index is 13.1. The Kier molecular flexibility index (Phi) is 5.07. The fourth-order valence-electron chi connectivity index (χ4n) is 3.23. The lowest BCUT2D eigenvalue weighted by Gasteiger charge is -2.22. The van der Waals surface area contributed by atoms with Gasteiger partial charge < -0.3 is 4.90 Å². The summed E-state index contributed by atoms with van der Waals surface area (Å²) in [7, 11) is -3.58. The predicted octanol–water partition coefficient (Wildman–Crippen LogP) is 3.55. The number of hydrogen-bond acceptors (Lipinski definition) is 6. The molecular formula is C18H19ClN4O2S2. The van der Waals surface area contributed by atoms with E-state index >= 15 is 0 Å². The van der Waals surface area contributed by atoms with Gasteiger partial charge in [0, 0.05) is 37.4 Å². The number of pyridine rings is 1. The summed E-state index contributed by atoms with van der Waals surface area (Å²) in [4.78, 5) is 12.3. The van der Waals surface area contributed by atoms with Crippen LogP contribution in [0.5, 0.6) is 0 Å². The molecule has 1 saturated heterocycles. The van der Waals surface area contributed by atoms with E-state index in [0.29, 0.717) is 30.2 Å². The Morgan fingerprint density at radius 3 is 2.78 bits per heavy atom. The zero-order valence-electron chi connectivity index (χ0n) is 14.8. The molecule has 3 heterocycles. The van der Waals surface area contributed by atoms with Gasteiger partial charge >= 0.3 is 0 Å². The van der Waals surface area contributed by atoms with E-state index in [1.807, 2.05) is 12.1 Å². The quantitative estimate of drug-likeness (QED) is 0.645. The van der Waals surface area contributed by atoms with E-state index in [2.05, 4.69) is 14.9 Å². The van der Waals surface area contributed by atoms with Crippen molar-refractivity contribution < 1.29 is 8.42 Å². The number of benzene rings is 1. The molecule has 0 atom stereocenters. The third-order valence-electron chi connectivity index (χ3n) is 4.72. The molecule has 1 aromatic carbocycles. The van der Waals surface area contributed by atoms with E-state index in [1.165, 1.54) is 0 Å². The van der Waals surface area contributed by atoms with E-state index < -0.39 is 10.0 Å². The van der Waals surface area contributed by atoms with Crippen LogP contribution < -0.4 is 4.90 Å². The van der Waals surface area contributed by atoms with Gasteiger partial charge in [0.2, 0.25) is 10.0 Å². The van der Waals surface area contributed by atoms with Crippen molar-refractivity contribution in [2.24, 2.45) is 0 Å². The van der Waals surface area contributed by atoms with Gasteiger partial charge in [-0.3, -0.25) is 0 Å². The second-order valence-electron chi connectivity index (χ2n) is 6.43. The Labute approximate surface area is 167 Å². The van der Waals surface area contributed by atoms with Crippen LogP contribution in [0.1, 0.15) is 12.0 Å². The molecule has 1 aliphatic heterocycles. The highest BCUT2D eigenvalue weighted by Gasteiger charge is 2.29. The van der Waals surface area contributed by atoms with E-state index in [0.717, 1.165) is 28.4 Å². The lowest BCUT2D eigenvalue weighted by atomic mass is 10.2. The Morgan fingerprint density at radius 1 is 1.11 bits per heavy atom. The van der Waals surface area contributed by atoms with Gasteiger partial charge in [0.25, 0.3) is 0 Å². The molecule has 0 unspecified atom stereocenters. The summed E-state index contributed by atoms with van der Waals surface area (Å²) < 4.78 is 27.8. The number of nitrogens with zero attached hydrogens (tertiary/aromatic N) is 4. The van der Waals surface area contributed by atoms with Crippen LogP contribution in [-0.2, 0) is 10.0 Å². The lowest BCUT2D eigenvalue weighted by Crippen LogP contribution is -2.35. The Balaban J connectivity index is 1.57. The highest BCUT2D eigenvalue weighted by Crippen LogP contribution is 2.29. The molecule has 0 radical (unpaired) electrons. The fourth-order valence-corrected chi connectivity index (χ4v) is 6.13. The molecular weight excluding hydrogens is 404 g/mol. The largest absolute Gasteiger partial charge is 0.347 e. The Morgan fingerprint density at radius 2 is 1.96 bits per heavy atom. The van der Waals surface area contributed by atoms with Crippen molar-refractivity contribution in [1.29, 1.82) is 0 Å². The van der Waals surface area contributed by atoms with Crippen molar-refractivity contribution in [3.8, 4) is 0 Å². The van der Waals surface area contributed by atoms with Crippen LogP contribution in [0.3, 0.4) is 0 Å². The molecule has 1 fully saturated rings. The lowest BCUT2D eigenvalue weighted by molar-refractivity contribution is 0.433. The van der Waals surface area contributed by atoms with Crippen LogP contribution in [0.2, 0.25) is 5.02 Å². The van der Waals surface area contributed by atoms with Gasteiger partial charge in [-0.25, -0.2) is 18.4 Å². The maximum absolute atomic E-state index is 13.1. The van der Waals surface area contributed by atoms with Gasteiger partial charge in [-0.1, -0.05) is 29.0 Å². The van der Waals surface area contributed by atoms with Gasteiger partial charge in [-0.2, -0.15) is 4.31 Å². The van der Waals surface area contributed by atoms with E-state index in [1.54, 1.807) is 47.0 Å². The molecule has 0 saturated carbocycles. The van der Waals surface area contributed by atoms with Crippen molar-refractivity contribution in [2.75, 3.05) is 31.1 Å². The smallest absolute Gasteiger partial charge is 0.243 e. The molecule has 3 aromatic rings. The standard InChI is InChI=1S/C18H19ClN4O2S2/c1-13-14(19)5-2-7-16(13)27(24,25)23-10-4-9-22(11-12-23)18-21-15-6-3-8-20-17(15)26-18/h2-3,5-8H,4,9-12H2,1H3. The molecule has 0 bridgehead atoms. The average Bonchev–Trinajstić information content (AvgIpc) is 2.92. The highest BCUT2D eigenvalue weighted by molar-refractivity contribution is 7.89. The van der Waals surface area contributed by atoms with Gasteiger partial charge in [0.15, 0.2) is 5.13 Å². The summed E-state index contributed by atoms with van der Waals surface area (Å²) in [6, 6.07) is 8.83. The second-order valence-corrected chi connectivity index (χ2v) is 9.70. The van der Waals surface area contributed by atoms with Crippen LogP contribution in [0.15, 0.2) is 41.4 Å². The van der Waals surface area contributed by atoms with Crippen LogP contribution >= 0.6 is 22.9 Å². The van der Waals surface area contributed by atoms with Crippen molar-refractivity contribution in [3.05, 3.63) is 47.1 Å². The molecule has 6 nitrogen and oxygen atoms in total. The van der Waals surface area contributed by atoms with E-state index in [-0.39, 0.29) is 4.90 Å². The first-order valence-electron chi connectivity index (χ1n) is 8.68. The van der Waals surface area contributed by atoms with Crippen molar-refractivity contribution >= 4 is 48.4 Å². The molecule has 27 heavy (non-hydrogen) atoms. The minimum absolute atomic E-state index is 0.285. The molecule has 0 aliphatic carbocycles. The van der Waals surface area contributed by atoms with Crippen molar-refractivity contribution in [1.82, 2.24) is 14.3 Å². The number of thiazole rings is 1. The molecule has 0 amide bonds. The number of halogens is 1. The van der Waals surface area contributed by atoms with Crippen LogP contribution in [0.25, 0.3) is 10.3 Å². The summed E-state index contributed by atoms with van der Waals surface area (Å²) in [6.07, 6.45) is 2.50. The summed E-state index contributed by atoms with van der Waals surface area (Å²) in [5.74, 6) is 0. The normalized spacial score (nSPS) is 16.6. The highest BCUT2D eigenvalue weighted by atomic mass is 35.5. The van der Waals surface area contributed by atoms with E-state index in [9.17, 15) is 8.42 Å². The zero-order chi connectivity index (χ0) is 19.0. The van der Waals surface area contributed by atoms with Crippen LogP contribution in [-0.4, -0.2) is 48.9 Å². The molecule has 2 aromatic heterocycles. The SMILES string of the molecule is Cc1c(Cl)cccc1S(=O)(=O)N1CCCN(c2nc3cccnc3s2)CC1. The Hall–Kier alpha value is -1.74. The van der Waals surface area contributed by atoms with Crippen LogP contribution in [0.4, 0.5) is 5.13 Å². The fraction of sp³-hybridized carbons (Fsp3) is 0.333. The summed E-state index contributed by atoms with van der Waals surface area (Å²) in [6.45, 7) is 4.00. The molecule has 4 rings (SSSR count). The number of fused-ring (bicyclic) bond motifs is 1.